The second-order valence-electron chi connectivity index (χ2n) is 8.48. The average Bonchev–Trinajstić information content (AvgIpc) is 3.19. The van der Waals surface area contributed by atoms with Crippen molar-refractivity contribution in [3.05, 3.63) is 70.7 Å². The second kappa shape index (κ2) is 7.20. The number of hydrogen-bond acceptors (Lipinski definition) is 1. The lowest BCUT2D eigenvalue weighted by molar-refractivity contribution is 0.199. The van der Waals surface area contributed by atoms with E-state index in [1.807, 2.05) is 36.1 Å². The van der Waals surface area contributed by atoms with E-state index in [1.165, 1.54) is 5.56 Å². The third-order valence-electron chi connectivity index (χ3n) is 6.47. The zero-order chi connectivity index (χ0) is 19.0. The lowest BCUT2D eigenvalue weighted by Gasteiger charge is -2.28. The van der Waals surface area contributed by atoms with Gasteiger partial charge in [0, 0.05) is 18.1 Å². The highest BCUT2D eigenvalue weighted by molar-refractivity contribution is 6.30. The Hall–Kier alpha value is -2.00. The smallest absolute Gasteiger partial charge is 0.317 e. The summed E-state index contributed by atoms with van der Waals surface area (Å²) >= 11 is 5.95. The van der Waals surface area contributed by atoms with E-state index in [1.54, 1.807) is 0 Å². The summed E-state index contributed by atoms with van der Waals surface area (Å²) in [5, 5.41) is 3.86. The van der Waals surface area contributed by atoms with E-state index in [0.29, 0.717) is 16.9 Å². The lowest BCUT2D eigenvalue weighted by Crippen LogP contribution is -2.40. The Morgan fingerprint density at radius 3 is 2.26 bits per heavy atom. The van der Waals surface area contributed by atoms with Crippen LogP contribution in [0.4, 0.5) is 4.79 Å². The Morgan fingerprint density at radius 2 is 1.67 bits per heavy atom. The molecule has 2 aromatic rings. The van der Waals surface area contributed by atoms with Crippen molar-refractivity contribution in [3.8, 4) is 0 Å². The number of fused-ring (bicyclic) bond motifs is 1. The third kappa shape index (κ3) is 3.70. The van der Waals surface area contributed by atoms with Gasteiger partial charge < -0.3 is 10.2 Å². The molecule has 4 atom stereocenters. The van der Waals surface area contributed by atoms with Crippen LogP contribution in [0.5, 0.6) is 0 Å². The molecule has 2 amide bonds. The molecular weight excluding hydrogens is 356 g/mol. The average molecular weight is 383 g/mol. The molecule has 2 fully saturated rings. The maximum absolute atomic E-state index is 12.7. The van der Waals surface area contributed by atoms with E-state index in [0.717, 1.165) is 31.5 Å². The molecule has 3 nitrogen and oxygen atoms in total. The highest BCUT2D eigenvalue weighted by atomic mass is 35.5. The molecule has 1 heterocycles. The molecule has 0 unspecified atom stereocenters. The first-order valence-corrected chi connectivity index (χ1v) is 10.2. The van der Waals surface area contributed by atoms with Crippen LogP contribution in [0.1, 0.15) is 43.9 Å². The summed E-state index contributed by atoms with van der Waals surface area (Å²) < 4.78 is 0. The van der Waals surface area contributed by atoms with Gasteiger partial charge in [-0.15, -0.1) is 0 Å². The summed E-state index contributed by atoms with van der Waals surface area (Å²) in [5.41, 5.74) is 2.76. The Labute approximate surface area is 166 Å². The molecule has 27 heavy (non-hydrogen) atoms. The van der Waals surface area contributed by atoms with Gasteiger partial charge in [-0.25, -0.2) is 4.79 Å². The normalized spacial score (nSPS) is 28.0. The maximum atomic E-state index is 12.7. The van der Waals surface area contributed by atoms with Crippen LogP contribution in [0.3, 0.4) is 0 Å². The summed E-state index contributed by atoms with van der Waals surface area (Å²) in [7, 11) is 0. The predicted molar refractivity (Wildman–Crippen MR) is 110 cm³/mol. The van der Waals surface area contributed by atoms with Crippen molar-refractivity contribution in [1.82, 2.24) is 10.2 Å². The first-order valence-electron chi connectivity index (χ1n) is 9.81. The monoisotopic (exact) mass is 382 g/mol. The van der Waals surface area contributed by atoms with Crippen LogP contribution in [0.25, 0.3) is 0 Å². The van der Waals surface area contributed by atoms with E-state index in [2.05, 4.69) is 42.6 Å². The van der Waals surface area contributed by atoms with Crippen LogP contribution < -0.4 is 5.32 Å². The van der Waals surface area contributed by atoms with E-state index in [4.69, 9.17) is 11.6 Å². The van der Waals surface area contributed by atoms with E-state index in [-0.39, 0.29) is 17.5 Å². The molecular formula is C23H27ClN2O. The van der Waals surface area contributed by atoms with Gasteiger partial charge >= 0.3 is 6.03 Å². The van der Waals surface area contributed by atoms with Crippen LogP contribution in [0.2, 0.25) is 5.02 Å². The molecule has 2 aromatic carbocycles. The van der Waals surface area contributed by atoms with Gasteiger partial charge in [-0.05, 0) is 60.3 Å². The molecule has 1 saturated heterocycles. The Morgan fingerprint density at radius 1 is 1.07 bits per heavy atom. The topological polar surface area (TPSA) is 32.3 Å². The van der Waals surface area contributed by atoms with Gasteiger partial charge in [0.25, 0.3) is 0 Å². The van der Waals surface area contributed by atoms with Crippen LogP contribution in [-0.4, -0.2) is 24.0 Å². The molecule has 0 bridgehead atoms. The standard InChI is InChI=1S/C23H27ClN2O/c1-16(17-8-10-21(24)11-9-17)25-22(27)26-14-18-12-23(2,13-19(18)15-26)20-6-4-3-5-7-20/h3-11,16,18-19H,12-15H2,1-2H3,(H,25,27)/t16-,18-,19+,23-/m1/s1. The molecule has 4 rings (SSSR count). The van der Waals surface area contributed by atoms with Crippen LogP contribution in [0, 0.1) is 11.8 Å². The number of hydrogen-bond donors (Lipinski definition) is 1. The molecule has 142 valence electrons. The van der Waals surface area contributed by atoms with Crippen LogP contribution in [-0.2, 0) is 5.41 Å². The minimum absolute atomic E-state index is 0.0233. The lowest BCUT2D eigenvalue weighted by atomic mass is 9.80. The number of amides is 2. The Kier molecular flexibility index (Phi) is 4.90. The zero-order valence-corrected chi connectivity index (χ0v) is 16.7. The van der Waals surface area contributed by atoms with Gasteiger partial charge in [0.1, 0.15) is 0 Å². The van der Waals surface area contributed by atoms with Crippen LogP contribution >= 0.6 is 11.6 Å². The second-order valence-corrected chi connectivity index (χ2v) is 8.92. The number of urea groups is 1. The van der Waals surface area contributed by atoms with Crippen molar-refractivity contribution in [3.63, 3.8) is 0 Å². The largest absolute Gasteiger partial charge is 0.331 e. The molecule has 0 radical (unpaired) electrons. The van der Waals surface area contributed by atoms with Gasteiger partial charge in [-0.1, -0.05) is 61.0 Å². The van der Waals surface area contributed by atoms with Crippen molar-refractivity contribution >= 4 is 17.6 Å². The number of nitrogens with zero attached hydrogens (tertiary/aromatic N) is 1. The Bertz CT molecular complexity index is 791. The van der Waals surface area contributed by atoms with Crippen molar-refractivity contribution in [2.45, 2.75) is 38.1 Å². The third-order valence-corrected chi connectivity index (χ3v) is 6.72. The molecule has 1 N–H and O–H groups in total. The number of benzene rings is 2. The number of halogens is 1. The van der Waals surface area contributed by atoms with Gasteiger partial charge in [0.05, 0.1) is 6.04 Å². The molecule has 1 aliphatic carbocycles. The molecule has 4 heteroatoms. The predicted octanol–water partition coefficient (Wildman–Crippen LogP) is 5.41. The minimum atomic E-state index is -0.0233. The molecule has 0 spiro atoms. The van der Waals surface area contributed by atoms with E-state index < -0.39 is 0 Å². The zero-order valence-electron chi connectivity index (χ0n) is 16.0. The fourth-order valence-electron chi connectivity index (χ4n) is 5.00. The number of likely N-dealkylation sites (tertiary alicyclic amines) is 1. The fourth-order valence-corrected chi connectivity index (χ4v) is 5.12. The summed E-state index contributed by atoms with van der Waals surface area (Å²) in [5.74, 6) is 1.21. The van der Waals surface area contributed by atoms with Crippen LogP contribution in [0.15, 0.2) is 54.6 Å². The van der Waals surface area contributed by atoms with Crippen molar-refractivity contribution in [2.75, 3.05) is 13.1 Å². The number of rotatable bonds is 3. The van der Waals surface area contributed by atoms with Crippen molar-refractivity contribution in [2.24, 2.45) is 11.8 Å². The molecule has 2 aliphatic rings. The summed E-state index contributed by atoms with van der Waals surface area (Å²) in [6.45, 7) is 6.14. The van der Waals surface area contributed by atoms with Crippen molar-refractivity contribution in [1.29, 1.82) is 0 Å². The SMILES string of the molecule is C[C@@H](NC(=O)N1C[C@@H]2C[C@](C)(c3ccccc3)C[C@@H]2C1)c1ccc(Cl)cc1. The number of carbonyl (C=O) groups is 1. The highest BCUT2D eigenvalue weighted by Crippen LogP contribution is 2.50. The van der Waals surface area contributed by atoms with E-state index in [9.17, 15) is 4.79 Å². The van der Waals surface area contributed by atoms with Gasteiger partial charge in [-0.3, -0.25) is 0 Å². The Balaban J connectivity index is 1.36. The molecule has 1 aliphatic heterocycles. The molecule has 1 saturated carbocycles. The highest BCUT2D eigenvalue weighted by Gasteiger charge is 2.48. The summed E-state index contributed by atoms with van der Waals surface area (Å²) in [6, 6.07) is 18.5. The maximum Gasteiger partial charge on any atom is 0.317 e. The number of nitrogens with one attached hydrogen (secondary N) is 1. The van der Waals surface area contributed by atoms with Gasteiger partial charge in [0.2, 0.25) is 0 Å². The first-order chi connectivity index (χ1) is 12.9. The summed E-state index contributed by atoms with van der Waals surface area (Å²) in [4.78, 5) is 14.8. The summed E-state index contributed by atoms with van der Waals surface area (Å²) in [6.07, 6.45) is 2.33. The van der Waals surface area contributed by atoms with Gasteiger partial charge in [-0.2, -0.15) is 0 Å². The quantitative estimate of drug-likeness (QED) is 0.756. The van der Waals surface area contributed by atoms with E-state index >= 15 is 0 Å². The fraction of sp³-hybridized carbons (Fsp3) is 0.435. The van der Waals surface area contributed by atoms with Crippen molar-refractivity contribution < 1.29 is 4.79 Å². The first kappa shape index (κ1) is 18.4. The van der Waals surface area contributed by atoms with Gasteiger partial charge in [0.15, 0.2) is 0 Å². The molecule has 0 aromatic heterocycles. The minimum Gasteiger partial charge on any atom is -0.331 e. The number of carbonyl (C=O) groups excluding carboxylic acids is 1.